The van der Waals surface area contributed by atoms with Crippen molar-refractivity contribution in [2.75, 3.05) is 0 Å². The smallest absolute Gasteiger partial charge is 0.384 e. The monoisotopic (exact) mass is 182 g/mol. The third kappa shape index (κ3) is 2.66. The highest BCUT2D eigenvalue weighted by Gasteiger charge is 2.39. The average molecular weight is 182 g/mol. The van der Waals surface area contributed by atoms with Crippen LogP contribution in [0.3, 0.4) is 0 Å². The van der Waals surface area contributed by atoms with Gasteiger partial charge in [-0.1, -0.05) is 25.7 Å². The summed E-state index contributed by atoms with van der Waals surface area (Å²) in [7, 11) is 0. The van der Waals surface area contributed by atoms with Gasteiger partial charge in [-0.3, -0.25) is 0 Å². The van der Waals surface area contributed by atoms with Crippen LogP contribution in [0.5, 0.6) is 0 Å². The lowest BCUT2D eigenvalue weighted by molar-refractivity contribution is -0.208. The second-order valence-electron chi connectivity index (χ2n) is 3.44. The van der Waals surface area contributed by atoms with Crippen LogP contribution in [-0.2, 0) is 0 Å². The number of hydrogen-bond donors (Lipinski definition) is 1. The summed E-state index contributed by atoms with van der Waals surface area (Å²) in [5, 5.41) is 8.72. The number of hydrogen-bond acceptors (Lipinski definition) is 1. The Bertz CT molecular complexity index is 138. The molecule has 1 rings (SSSR count). The molecular formula is C8H13F3O. The highest BCUT2D eigenvalue weighted by Crippen LogP contribution is 2.33. The summed E-state index contributed by atoms with van der Waals surface area (Å²) in [5.41, 5.74) is 0. The summed E-state index contributed by atoms with van der Waals surface area (Å²) < 4.78 is 35.6. The van der Waals surface area contributed by atoms with Crippen LogP contribution in [0.25, 0.3) is 0 Å². The van der Waals surface area contributed by atoms with Crippen molar-refractivity contribution < 1.29 is 18.3 Å². The highest BCUT2D eigenvalue weighted by atomic mass is 19.4. The van der Waals surface area contributed by atoms with Crippen molar-refractivity contribution in [3.05, 3.63) is 0 Å². The molecule has 0 radical (unpaired) electrons. The van der Waals surface area contributed by atoms with E-state index >= 15 is 0 Å². The van der Waals surface area contributed by atoms with Gasteiger partial charge in [0.1, 0.15) is 6.10 Å². The van der Waals surface area contributed by atoms with Crippen LogP contribution in [-0.4, -0.2) is 17.4 Å². The summed E-state index contributed by atoms with van der Waals surface area (Å²) >= 11 is 0. The molecule has 0 aromatic carbocycles. The zero-order valence-corrected chi connectivity index (χ0v) is 6.77. The minimum Gasteiger partial charge on any atom is -0.384 e. The fourth-order valence-electron chi connectivity index (χ4n) is 1.70. The molecule has 12 heavy (non-hydrogen) atoms. The van der Waals surface area contributed by atoms with Gasteiger partial charge in [-0.2, -0.15) is 13.2 Å². The maximum atomic E-state index is 11.9. The molecule has 1 nitrogen and oxygen atoms in total. The Kier molecular flexibility index (Phi) is 2.99. The van der Waals surface area contributed by atoms with Crippen LogP contribution in [0.2, 0.25) is 0 Å². The molecule has 1 fully saturated rings. The Hall–Kier alpha value is -0.250. The molecule has 0 spiro atoms. The SMILES string of the molecule is O[C@H](CC1CCCC1)C(F)(F)F. The molecule has 0 bridgehead atoms. The summed E-state index contributed by atoms with van der Waals surface area (Å²) in [5.74, 6) is 0.0848. The molecule has 0 aliphatic heterocycles. The fourth-order valence-corrected chi connectivity index (χ4v) is 1.70. The molecular weight excluding hydrogens is 169 g/mol. The van der Waals surface area contributed by atoms with Crippen LogP contribution in [0.4, 0.5) is 13.2 Å². The quantitative estimate of drug-likeness (QED) is 0.695. The summed E-state index contributed by atoms with van der Waals surface area (Å²) in [6, 6.07) is 0. The lowest BCUT2D eigenvalue weighted by Gasteiger charge is -2.17. The Morgan fingerprint density at radius 3 is 2.17 bits per heavy atom. The van der Waals surface area contributed by atoms with Gasteiger partial charge >= 0.3 is 6.18 Å². The topological polar surface area (TPSA) is 20.2 Å². The third-order valence-electron chi connectivity index (χ3n) is 2.41. The number of alkyl halides is 3. The van der Waals surface area contributed by atoms with Gasteiger partial charge in [0, 0.05) is 0 Å². The van der Waals surface area contributed by atoms with Gasteiger partial charge in [0.05, 0.1) is 0 Å². The summed E-state index contributed by atoms with van der Waals surface area (Å²) in [6.45, 7) is 0. The van der Waals surface area contributed by atoms with E-state index in [1.54, 1.807) is 0 Å². The largest absolute Gasteiger partial charge is 0.414 e. The normalized spacial score (nSPS) is 23.0. The molecule has 0 aromatic heterocycles. The third-order valence-corrected chi connectivity index (χ3v) is 2.41. The Labute approximate surface area is 69.6 Å². The number of aliphatic hydroxyl groups excluding tert-OH is 1. The minimum absolute atomic E-state index is 0.0848. The van der Waals surface area contributed by atoms with Crippen molar-refractivity contribution in [3.8, 4) is 0 Å². The van der Waals surface area contributed by atoms with Gasteiger partial charge in [0.2, 0.25) is 0 Å². The van der Waals surface area contributed by atoms with Crippen molar-refractivity contribution in [2.24, 2.45) is 5.92 Å². The summed E-state index contributed by atoms with van der Waals surface area (Å²) in [6.07, 6.45) is -2.95. The van der Waals surface area contributed by atoms with Gasteiger partial charge in [-0.15, -0.1) is 0 Å². The van der Waals surface area contributed by atoms with Gasteiger partial charge in [0.15, 0.2) is 0 Å². The van der Waals surface area contributed by atoms with Crippen LogP contribution < -0.4 is 0 Å². The minimum atomic E-state index is -4.43. The zero-order chi connectivity index (χ0) is 9.19. The molecule has 0 heterocycles. The van der Waals surface area contributed by atoms with Crippen LogP contribution in [0.15, 0.2) is 0 Å². The molecule has 1 N–H and O–H groups in total. The lowest BCUT2D eigenvalue weighted by atomic mass is 10.00. The van der Waals surface area contributed by atoms with Crippen molar-refractivity contribution in [1.82, 2.24) is 0 Å². The van der Waals surface area contributed by atoms with Gasteiger partial charge in [-0.05, 0) is 12.3 Å². The first-order valence-corrected chi connectivity index (χ1v) is 4.25. The van der Waals surface area contributed by atoms with Crippen molar-refractivity contribution in [3.63, 3.8) is 0 Å². The Morgan fingerprint density at radius 2 is 1.75 bits per heavy atom. The molecule has 1 aliphatic rings. The summed E-state index contributed by atoms with van der Waals surface area (Å²) in [4.78, 5) is 0. The molecule has 4 heteroatoms. The van der Waals surface area contributed by atoms with E-state index in [2.05, 4.69) is 0 Å². The predicted molar refractivity (Wildman–Crippen MR) is 38.6 cm³/mol. The molecule has 72 valence electrons. The first-order chi connectivity index (χ1) is 5.50. The lowest BCUT2D eigenvalue weighted by Crippen LogP contribution is -2.30. The molecule has 1 saturated carbocycles. The van der Waals surface area contributed by atoms with E-state index in [-0.39, 0.29) is 12.3 Å². The van der Waals surface area contributed by atoms with E-state index < -0.39 is 12.3 Å². The number of halogens is 3. The van der Waals surface area contributed by atoms with Gasteiger partial charge < -0.3 is 5.11 Å². The molecule has 1 atom stereocenters. The van der Waals surface area contributed by atoms with E-state index in [1.807, 2.05) is 0 Å². The molecule has 0 unspecified atom stereocenters. The molecule has 0 saturated heterocycles. The Balaban J connectivity index is 2.30. The first kappa shape index (κ1) is 9.84. The van der Waals surface area contributed by atoms with E-state index in [9.17, 15) is 13.2 Å². The van der Waals surface area contributed by atoms with Crippen molar-refractivity contribution >= 4 is 0 Å². The Morgan fingerprint density at radius 1 is 1.25 bits per heavy atom. The number of aliphatic hydroxyl groups is 1. The number of rotatable bonds is 2. The van der Waals surface area contributed by atoms with E-state index in [0.717, 1.165) is 25.7 Å². The zero-order valence-electron chi connectivity index (χ0n) is 6.77. The molecule has 1 aliphatic carbocycles. The first-order valence-electron chi connectivity index (χ1n) is 4.25. The van der Waals surface area contributed by atoms with Crippen LogP contribution >= 0.6 is 0 Å². The fraction of sp³-hybridized carbons (Fsp3) is 1.00. The second kappa shape index (κ2) is 3.64. The van der Waals surface area contributed by atoms with E-state index in [0.29, 0.717) is 0 Å². The van der Waals surface area contributed by atoms with Crippen molar-refractivity contribution in [1.29, 1.82) is 0 Å². The van der Waals surface area contributed by atoms with Gasteiger partial charge in [0.25, 0.3) is 0 Å². The molecule has 0 aromatic rings. The van der Waals surface area contributed by atoms with Gasteiger partial charge in [-0.25, -0.2) is 0 Å². The van der Waals surface area contributed by atoms with Crippen LogP contribution in [0, 0.1) is 5.92 Å². The predicted octanol–water partition coefficient (Wildman–Crippen LogP) is 2.49. The highest BCUT2D eigenvalue weighted by molar-refractivity contribution is 4.74. The van der Waals surface area contributed by atoms with Crippen molar-refractivity contribution in [2.45, 2.75) is 44.4 Å². The standard InChI is InChI=1S/C8H13F3O/c9-8(10,11)7(12)5-6-3-1-2-4-6/h6-7,12H,1-5H2/t7-/m1/s1. The average Bonchev–Trinajstić information content (AvgIpc) is 2.37. The second-order valence-corrected chi connectivity index (χ2v) is 3.44. The maximum Gasteiger partial charge on any atom is 0.414 e. The van der Waals surface area contributed by atoms with E-state index in [1.165, 1.54) is 0 Å². The van der Waals surface area contributed by atoms with Crippen LogP contribution in [0.1, 0.15) is 32.1 Å². The molecule has 0 amide bonds. The van der Waals surface area contributed by atoms with E-state index in [4.69, 9.17) is 5.11 Å². The maximum absolute atomic E-state index is 11.9.